The molecule has 34 heavy (non-hydrogen) atoms. The number of ether oxygens (including phenoxy) is 1. The number of nitrogens with one attached hydrogen (secondary N) is 2. The summed E-state index contributed by atoms with van der Waals surface area (Å²) in [5, 5.41) is 14.7. The Morgan fingerprint density at radius 2 is 1.59 bits per heavy atom. The largest absolute Gasteiger partial charge is 0.480 e. The Morgan fingerprint density at radius 3 is 2.12 bits per heavy atom. The van der Waals surface area contributed by atoms with Crippen LogP contribution in [-0.4, -0.2) is 53.8 Å². The molecular formula is C26H32N2O5S. The van der Waals surface area contributed by atoms with Crippen LogP contribution in [0.1, 0.15) is 43.7 Å². The number of aliphatic carboxylic acids is 1. The maximum atomic E-state index is 12.6. The average molecular weight is 485 g/mol. The van der Waals surface area contributed by atoms with Crippen molar-refractivity contribution in [2.75, 3.05) is 18.6 Å². The molecule has 0 spiro atoms. The molecule has 3 rings (SSSR count). The van der Waals surface area contributed by atoms with Crippen molar-refractivity contribution < 1.29 is 24.2 Å². The quantitative estimate of drug-likeness (QED) is 0.440. The van der Waals surface area contributed by atoms with Gasteiger partial charge in [-0.2, -0.15) is 11.8 Å². The summed E-state index contributed by atoms with van der Waals surface area (Å²) in [4.78, 5) is 36.5. The monoisotopic (exact) mass is 484 g/mol. The van der Waals surface area contributed by atoms with Crippen molar-refractivity contribution in [3.8, 4) is 11.1 Å². The van der Waals surface area contributed by atoms with Gasteiger partial charge in [0.1, 0.15) is 12.6 Å². The molecule has 182 valence electrons. The fourth-order valence-electron chi connectivity index (χ4n) is 4.19. The van der Waals surface area contributed by atoms with E-state index >= 15 is 0 Å². The average Bonchev–Trinajstić information content (AvgIpc) is 3.13. The smallest absolute Gasteiger partial charge is 0.407 e. The molecule has 0 bridgehead atoms. The molecule has 0 aromatic heterocycles. The lowest BCUT2D eigenvalue weighted by atomic mass is 9.98. The molecule has 1 aliphatic rings. The van der Waals surface area contributed by atoms with Gasteiger partial charge in [0.15, 0.2) is 0 Å². The summed E-state index contributed by atoms with van der Waals surface area (Å²) in [6.45, 7) is 3.97. The first-order chi connectivity index (χ1) is 16.3. The summed E-state index contributed by atoms with van der Waals surface area (Å²) in [6.07, 6.45) is 1.61. The maximum absolute atomic E-state index is 12.6. The number of hydrogen-bond donors (Lipinski definition) is 3. The zero-order valence-electron chi connectivity index (χ0n) is 19.7. The highest BCUT2D eigenvalue weighted by atomic mass is 32.2. The number of alkyl carbamates (subject to hydrolysis) is 1. The van der Waals surface area contributed by atoms with E-state index in [4.69, 9.17) is 4.74 Å². The van der Waals surface area contributed by atoms with Crippen molar-refractivity contribution in [3.63, 3.8) is 0 Å². The van der Waals surface area contributed by atoms with Gasteiger partial charge in [-0.15, -0.1) is 0 Å². The first-order valence-electron chi connectivity index (χ1n) is 11.4. The predicted molar refractivity (Wildman–Crippen MR) is 134 cm³/mol. The Morgan fingerprint density at radius 1 is 1.00 bits per heavy atom. The normalized spacial score (nSPS) is 14.1. The Labute approximate surface area is 204 Å². The van der Waals surface area contributed by atoms with E-state index < -0.39 is 30.1 Å². The van der Waals surface area contributed by atoms with E-state index in [-0.39, 0.29) is 24.9 Å². The first kappa shape index (κ1) is 25.6. The van der Waals surface area contributed by atoms with E-state index in [1.807, 2.05) is 44.4 Å². The molecule has 0 radical (unpaired) electrons. The molecule has 3 N–H and O–H groups in total. The third kappa shape index (κ3) is 6.32. The second-order valence-electron chi connectivity index (χ2n) is 8.76. The standard InChI is InChI=1S/C26H32N2O5S/c1-16(2)23(14-24(29)27-22(25(30)31)12-13-34-3)28-26(32)33-15-21-19-10-6-4-8-17(19)18-9-5-7-11-20(18)21/h4-11,16,21-23H,12-15H2,1-3H3,(H,27,29)(H,28,32)(H,30,31)/t22-,23?/m0/s1. The van der Waals surface area contributed by atoms with Crippen LogP contribution in [0.2, 0.25) is 0 Å². The van der Waals surface area contributed by atoms with Crippen molar-refractivity contribution in [2.24, 2.45) is 5.92 Å². The highest BCUT2D eigenvalue weighted by molar-refractivity contribution is 7.98. The lowest BCUT2D eigenvalue weighted by Crippen LogP contribution is -2.46. The van der Waals surface area contributed by atoms with Gasteiger partial charge in [0, 0.05) is 18.4 Å². The first-order valence-corrected chi connectivity index (χ1v) is 12.8. The fraction of sp³-hybridized carbons (Fsp3) is 0.423. The number of thioether (sulfide) groups is 1. The van der Waals surface area contributed by atoms with Gasteiger partial charge in [-0.25, -0.2) is 9.59 Å². The Balaban J connectivity index is 1.58. The van der Waals surface area contributed by atoms with Crippen molar-refractivity contribution in [1.82, 2.24) is 10.6 Å². The molecule has 0 aliphatic heterocycles. The Kier molecular flexibility index (Phi) is 8.98. The number of rotatable bonds is 11. The minimum Gasteiger partial charge on any atom is -0.480 e. The molecule has 8 heteroatoms. The summed E-state index contributed by atoms with van der Waals surface area (Å²) in [7, 11) is 0. The number of hydrogen-bond acceptors (Lipinski definition) is 5. The molecule has 0 saturated heterocycles. The summed E-state index contributed by atoms with van der Waals surface area (Å²) < 4.78 is 5.60. The molecule has 1 aliphatic carbocycles. The van der Waals surface area contributed by atoms with Gasteiger partial charge >= 0.3 is 12.1 Å². The molecule has 2 aromatic carbocycles. The summed E-state index contributed by atoms with van der Waals surface area (Å²) in [5.41, 5.74) is 4.55. The topological polar surface area (TPSA) is 105 Å². The number of amides is 2. The number of carbonyl (C=O) groups excluding carboxylic acids is 2. The van der Waals surface area contributed by atoms with Crippen LogP contribution >= 0.6 is 11.8 Å². The van der Waals surface area contributed by atoms with E-state index in [0.29, 0.717) is 12.2 Å². The maximum Gasteiger partial charge on any atom is 0.407 e. The molecule has 2 atom stereocenters. The van der Waals surface area contributed by atoms with E-state index in [1.54, 1.807) is 0 Å². The van der Waals surface area contributed by atoms with Crippen LogP contribution in [0, 0.1) is 5.92 Å². The van der Waals surface area contributed by atoms with Crippen LogP contribution in [0.15, 0.2) is 48.5 Å². The van der Waals surface area contributed by atoms with Gasteiger partial charge < -0.3 is 20.5 Å². The third-order valence-electron chi connectivity index (χ3n) is 6.10. The summed E-state index contributed by atoms with van der Waals surface area (Å²) >= 11 is 1.52. The molecule has 0 heterocycles. The van der Waals surface area contributed by atoms with Gasteiger partial charge in [0.2, 0.25) is 5.91 Å². The zero-order chi connectivity index (χ0) is 24.7. The van der Waals surface area contributed by atoms with Crippen molar-refractivity contribution in [2.45, 2.75) is 44.7 Å². The summed E-state index contributed by atoms with van der Waals surface area (Å²) in [6, 6.07) is 14.8. The van der Waals surface area contributed by atoms with Gasteiger partial charge in [-0.1, -0.05) is 62.4 Å². The van der Waals surface area contributed by atoms with E-state index in [1.165, 1.54) is 11.8 Å². The molecule has 0 fully saturated rings. The molecule has 0 saturated carbocycles. The second-order valence-corrected chi connectivity index (χ2v) is 9.75. The number of carboxylic acids is 1. The summed E-state index contributed by atoms with van der Waals surface area (Å²) in [5.74, 6) is -0.936. The van der Waals surface area contributed by atoms with Gasteiger partial charge in [-0.05, 0) is 46.6 Å². The van der Waals surface area contributed by atoms with Crippen LogP contribution in [-0.2, 0) is 14.3 Å². The van der Waals surface area contributed by atoms with E-state index in [9.17, 15) is 19.5 Å². The Bertz CT molecular complexity index is 980. The van der Waals surface area contributed by atoms with Crippen LogP contribution in [0.3, 0.4) is 0 Å². The number of carbonyl (C=O) groups is 3. The van der Waals surface area contributed by atoms with E-state index in [2.05, 4.69) is 34.9 Å². The minimum atomic E-state index is -1.06. The molecule has 1 unspecified atom stereocenters. The molecule has 2 aromatic rings. The van der Waals surface area contributed by atoms with Crippen molar-refractivity contribution in [3.05, 3.63) is 59.7 Å². The lowest BCUT2D eigenvalue weighted by molar-refractivity contribution is -0.142. The second kappa shape index (κ2) is 11.9. The number of benzene rings is 2. The highest BCUT2D eigenvalue weighted by Crippen LogP contribution is 2.44. The fourth-order valence-corrected chi connectivity index (χ4v) is 4.66. The highest BCUT2D eigenvalue weighted by Gasteiger charge is 2.30. The van der Waals surface area contributed by atoms with Crippen LogP contribution in [0.5, 0.6) is 0 Å². The molecule has 7 nitrogen and oxygen atoms in total. The van der Waals surface area contributed by atoms with Gasteiger partial charge in [-0.3, -0.25) is 4.79 Å². The van der Waals surface area contributed by atoms with Crippen LogP contribution in [0.4, 0.5) is 4.79 Å². The third-order valence-corrected chi connectivity index (χ3v) is 6.74. The van der Waals surface area contributed by atoms with E-state index in [0.717, 1.165) is 22.3 Å². The molecular weight excluding hydrogens is 452 g/mol. The van der Waals surface area contributed by atoms with Crippen LogP contribution in [0.25, 0.3) is 11.1 Å². The molecule has 2 amide bonds. The van der Waals surface area contributed by atoms with Gasteiger partial charge in [0.05, 0.1) is 0 Å². The Hall–Kier alpha value is -3.00. The number of fused-ring (bicyclic) bond motifs is 3. The number of carboxylic acid groups (broad SMARTS) is 1. The zero-order valence-corrected chi connectivity index (χ0v) is 20.6. The predicted octanol–water partition coefficient (Wildman–Crippen LogP) is 4.26. The van der Waals surface area contributed by atoms with Crippen LogP contribution < -0.4 is 10.6 Å². The lowest BCUT2D eigenvalue weighted by Gasteiger charge is -2.23. The SMILES string of the molecule is CSCC[C@H](NC(=O)CC(NC(=O)OCC1c2ccccc2-c2ccccc21)C(C)C)C(=O)O. The minimum absolute atomic E-state index is 0.0229. The van der Waals surface area contributed by atoms with Crippen molar-refractivity contribution >= 4 is 29.7 Å². The van der Waals surface area contributed by atoms with Gasteiger partial charge in [0.25, 0.3) is 0 Å². The van der Waals surface area contributed by atoms with Crippen molar-refractivity contribution in [1.29, 1.82) is 0 Å².